The van der Waals surface area contributed by atoms with Gasteiger partial charge >= 0.3 is 5.97 Å². The third-order valence-corrected chi connectivity index (χ3v) is 2.57. The van der Waals surface area contributed by atoms with E-state index >= 15 is 0 Å². The SMILES string of the molecule is CCOC(=O)c1cccn1CC(=O)NC1CC1. The highest BCUT2D eigenvalue weighted by atomic mass is 16.5. The first-order valence-corrected chi connectivity index (χ1v) is 5.82. The summed E-state index contributed by atoms with van der Waals surface area (Å²) in [6, 6.07) is 3.73. The molecule has 0 aromatic carbocycles. The van der Waals surface area contributed by atoms with E-state index in [1.54, 1.807) is 29.8 Å². The van der Waals surface area contributed by atoms with E-state index in [0.717, 1.165) is 12.8 Å². The third-order valence-electron chi connectivity index (χ3n) is 2.57. The van der Waals surface area contributed by atoms with Gasteiger partial charge in [0.2, 0.25) is 5.91 Å². The van der Waals surface area contributed by atoms with Gasteiger partial charge in [0.05, 0.1) is 6.61 Å². The van der Waals surface area contributed by atoms with Gasteiger partial charge in [-0.25, -0.2) is 4.79 Å². The van der Waals surface area contributed by atoms with Crippen LogP contribution >= 0.6 is 0 Å². The average molecular weight is 236 g/mol. The van der Waals surface area contributed by atoms with Crippen LogP contribution in [-0.4, -0.2) is 29.1 Å². The molecule has 0 radical (unpaired) electrons. The summed E-state index contributed by atoms with van der Waals surface area (Å²) in [4.78, 5) is 23.2. The zero-order chi connectivity index (χ0) is 12.3. The molecule has 1 amide bonds. The van der Waals surface area contributed by atoms with Crippen molar-refractivity contribution in [3.63, 3.8) is 0 Å². The van der Waals surface area contributed by atoms with Crippen LogP contribution in [0.25, 0.3) is 0 Å². The van der Waals surface area contributed by atoms with Crippen molar-refractivity contribution in [2.75, 3.05) is 6.61 Å². The zero-order valence-electron chi connectivity index (χ0n) is 9.81. The van der Waals surface area contributed by atoms with Gasteiger partial charge in [0.1, 0.15) is 12.2 Å². The van der Waals surface area contributed by atoms with Gasteiger partial charge in [0.25, 0.3) is 0 Å². The summed E-state index contributed by atoms with van der Waals surface area (Å²) >= 11 is 0. The van der Waals surface area contributed by atoms with Crippen molar-refractivity contribution < 1.29 is 14.3 Å². The van der Waals surface area contributed by atoms with E-state index in [1.165, 1.54) is 0 Å². The number of carbonyl (C=O) groups excluding carboxylic acids is 2. The maximum absolute atomic E-state index is 11.6. The summed E-state index contributed by atoms with van der Waals surface area (Å²) in [5.74, 6) is -0.453. The molecule has 1 fully saturated rings. The first-order chi connectivity index (χ1) is 8.20. The van der Waals surface area contributed by atoms with Gasteiger partial charge in [0.15, 0.2) is 0 Å². The summed E-state index contributed by atoms with van der Waals surface area (Å²) in [5, 5.41) is 2.88. The number of hydrogen-bond donors (Lipinski definition) is 1. The van der Waals surface area contributed by atoms with Crippen molar-refractivity contribution in [3.05, 3.63) is 24.0 Å². The molecule has 92 valence electrons. The molecule has 0 aliphatic heterocycles. The lowest BCUT2D eigenvalue weighted by Gasteiger charge is -2.08. The normalized spacial score (nSPS) is 14.4. The van der Waals surface area contributed by atoms with E-state index in [2.05, 4.69) is 5.32 Å². The summed E-state index contributed by atoms with van der Waals surface area (Å²) in [6.07, 6.45) is 3.82. The van der Waals surface area contributed by atoms with Crippen LogP contribution in [0.5, 0.6) is 0 Å². The highest BCUT2D eigenvalue weighted by Crippen LogP contribution is 2.18. The molecular formula is C12H16N2O3. The molecule has 1 N–H and O–H groups in total. The highest BCUT2D eigenvalue weighted by molar-refractivity contribution is 5.88. The standard InChI is InChI=1S/C12H16N2O3/c1-2-17-12(16)10-4-3-7-14(10)8-11(15)13-9-5-6-9/h3-4,7,9H,2,5-6,8H2,1H3,(H,13,15). The average Bonchev–Trinajstić information content (AvgIpc) is 2.95. The summed E-state index contributed by atoms with van der Waals surface area (Å²) in [5.41, 5.74) is 0.415. The number of ether oxygens (including phenoxy) is 1. The minimum absolute atomic E-state index is 0.0609. The van der Waals surface area contributed by atoms with Gasteiger partial charge in [-0.15, -0.1) is 0 Å². The first kappa shape index (κ1) is 11.7. The Morgan fingerprint density at radius 1 is 1.53 bits per heavy atom. The van der Waals surface area contributed by atoms with Gasteiger partial charge in [-0.1, -0.05) is 0 Å². The third kappa shape index (κ3) is 3.09. The van der Waals surface area contributed by atoms with Gasteiger partial charge in [-0.05, 0) is 31.9 Å². The minimum atomic E-state index is -0.392. The Hall–Kier alpha value is -1.78. The Balaban J connectivity index is 1.97. The zero-order valence-corrected chi connectivity index (χ0v) is 9.81. The molecule has 1 aromatic heterocycles. The van der Waals surface area contributed by atoms with E-state index in [9.17, 15) is 9.59 Å². The van der Waals surface area contributed by atoms with E-state index in [-0.39, 0.29) is 12.5 Å². The fraction of sp³-hybridized carbons (Fsp3) is 0.500. The van der Waals surface area contributed by atoms with Crippen molar-refractivity contribution >= 4 is 11.9 Å². The Bertz CT molecular complexity index is 421. The van der Waals surface area contributed by atoms with Crippen molar-refractivity contribution in [2.24, 2.45) is 0 Å². The first-order valence-electron chi connectivity index (χ1n) is 5.82. The van der Waals surface area contributed by atoms with Crippen molar-refractivity contribution in [1.29, 1.82) is 0 Å². The van der Waals surface area contributed by atoms with E-state index < -0.39 is 5.97 Å². The molecular weight excluding hydrogens is 220 g/mol. The predicted octanol–water partition coefficient (Wildman–Crippen LogP) is 0.943. The predicted molar refractivity (Wildman–Crippen MR) is 61.6 cm³/mol. The molecule has 0 unspecified atom stereocenters. The summed E-state index contributed by atoms with van der Waals surface area (Å²) in [6.45, 7) is 2.25. The number of esters is 1. The summed E-state index contributed by atoms with van der Waals surface area (Å²) < 4.78 is 6.52. The quantitative estimate of drug-likeness (QED) is 0.774. The molecule has 2 rings (SSSR count). The van der Waals surface area contributed by atoms with Crippen LogP contribution in [-0.2, 0) is 16.1 Å². The molecule has 1 saturated carbocycles. The maximum Gasteiger partial charge on any atom is 0.354 e. The van der Waals surface area contributed by atoms with Crippen LogP contribution in [0.2, 0.25) is 0 Å². The lowest BCUT2D eigenvalue weighted by atomic mass is 10.4. The molecule has 0 atom stereocenters. The Morgan fingerprint density at radius 3 is 2.94 bits per heavy atom. The molecule has 1 aliphatic carbocycles. The highest BCUT2D eigenvalue weighted by Gasteiger charge is 2.23. The second-order valence-corrected chi connectivity index (χ2v) is 4.08. The molecule has 0 spiro atoms. The minimum Gasteiger partial charge on any atom is -0.461 e. The Morgan fingerprint density at radius 2 is 2.29 bits per heavy atom. The van der Waals surface area contributed by atoms with Gasteiger partial charge < -0.3 is 14.6 Å². The van der Waals surface area contributed by atoms with Crippen LogP contribution in [0.1, 0.15) is 30.3 Å². The number of rotatable bonds is 5. The van der Waals surface area contributed by atoms with E-state index in [1.807, 2.05) is 0 Å². The number of nitrogens with one attached hydrogen (secondary N) is 1. The maximum atomic E-state index is 11.6. The van der Waals surface area contributed by atoms with Crippen molar-refractivity contribution in [1.82, 2.24) is 9.88 Å². The van der Waals surface area contributed by atoms with Crippen LogP contribution in [0, 0.1) is 0 Å². The van der Waals surface area contributed by atoms with Crippen LogP contribution in [0.3, 0.4) is 0 Å². The van der Waals surface area contributed by atoms with E-state index in [0.29, 0.717) is 18.3 Å². The smallest absolute Gasteiger partial charge is 0.354 e. The molecule has 5 nitrogen and oxygen atoms in total. The second-order valence-electron chi connectivity index (χ2n) is 4.08. The second kappa shape index (κ2) is 5.03. The van der Waals surface area contributed by atoms with Crippen molar-refractivity contribution in [2.45, 2.75) is 32.4 Å². The van der Waals surface area contributed by atoms with Gasteiger partial charge in [0, 0.05) is 12.2 Å². The lowest BCUT2D eigenvalue weighted by Crippen LogP contribution is -2.30. The Labute approximate surface area is 99.8 Å². The van der Waals surface area contributed by atoms with Crippen LogP contribution in [0.15, 0.2) is 18.3 Å². The fourth-order valence-electron chi connectivity index (χ4n) is 1.60. The van der Waals surface area contributed by atoms with E-state index in [4.69, 9.17) is 4.74 Å². The van der Waals surface area contributed by atoms with Gasteiger partial charge in [-0.2, -0.15) is 0 Å². The monoisotopic (exact) mass is 236 g/mol. The topological polar surface area (TPSA) is 60.3 Å². The lowest BCUT2D eigenvalue weighted by molar-refractivity contribution is -0.121. The Kier molecular flexibility index (Phi) is 3.46. The number of carbonyl (C=O) groups is 2. The summed E-state index contributed by atoms with van der Waals surface area (Å²) in [7, 11) is 0. The molecule has 1 aromatic rings. The molecule has 0 bridgehead atoms. The molecule has 5 heteroatoms. The van der Waals surface area contributed by atoms with Crippen molar-refractivity contribution in [3.8, 4) is 0 Å². The van der Waals surface area contributed by atoms with Gasteiger partial charge in [-0.3, -0.25) is 4.79 Å². The molecule has 0 saturated heterocycles. The largest absolute Gasteiger partial charge is 0.461 e. The molecule has 17 heavy (non-hydrogen) atoms. The van der Waals surface area contributed by atoms with Crippen LogP contribution in [0.4, 0.5) is 0 Å². The fourth-order valence-corrected chi connectivity index (χ4v) is 1.60. The van der Waals surface area contributed by atoms with Crippen LogP contribution < -0.4 is 5.32 Å². The number of nitrogens with zero attached hydrogens (tertiary/aromatic N) is 1. The number of hydrogen-bond acceptors (Lipinski definition) is 3. The molecule has 1 heterocycles. The number of amides is 1. The number of aromatic nitrogens is 1. The molecule has 1 aliphatic rings.